The van der Waals surface area contributed by atoms with E-state index in [4.69, 9.17) is 0 Å². The average molecular weight is 257 g/mol. The van der Waals surface area contributed by atoms with Crippen molar-refractivity contribution in [1.29, 1.82) is 0 Å². The molecule has 0 aromatic carbocycles. The van der Waals surface area contributed by atoms with E-state index in [2.05, 4.69) is 5.32 Å². The van der Waals surface area contributed by atoms with Gasteiger partial charge in [0.05, 0.1) is 6.54 Å². The lowest BCUT2D eigenvalue weighted by Gasteiger charge is -2.27. The lowest BCUT2D eigenvalue weighted by atomic mass is 10.3. The molecule has 0 saturated carbocycles. The Hall–Kier alpha value is -0.800. The predicted molar refractivity (Wildman–Crippen MR) is 52.4 cm³/mol. The van der Waals surface area contributed by atoms with Crippen LogP contribution in [-0.4, -0.2) is 57.7 Å². The summed E-state index contributed by atoms with van der Waals surface area (Å²) < 4.78 is 46.8. The monoisotopic (exact) mass is 257 g/mol. The molecule has 0 aromatic rings. The maximum Gasteiger partial charge on any atom is 0.350 e. The van der Waals surface area contributed by atoms with Crippen LogP contribution in [0.25, 0.3) is 0 Å². The van der Waals surface area contributed by atoms with E-state index in [0.717, 1.165) is 0 Å². The molecule has 0 radical (unpaired) electrons. The molecule has 1 aliphatic rings. The van der Waals surface area contributed by atoms with Crippen molar-refractivity contribution < 1.29 is 22.0 Å². The molecule has 1 heterocycles. The van der Waals surface area contributed by atoms with Crippen LogP contribution in [0.3, 0.4) is 0 Å². The molecule has 94 valence electrons. The number of amides is 1. The zero-order valence-corrected chi connectivity index (χ0v) is 9.27. The van der Waals surface area contributed by atoms with Crippen LogP contribution in [0, 0.1) is 0 Å². The summed E-state index contributed by atoms with van der Waals surface area (Å²) in [5.41, 5.74) is 0. The lowest BCUT2D eigenvalue weighted by molar-refractivity contribution is -0.130. The fourth-order valence-electron chi connectivity index (χ4n) is 1.25. The third-order valence-corrected chi connectivity index (χ3v) is 3.14. The maximum atomic E-state index is 11.9. The summed E-state index contributed by atoms with van der Waals surface area (Å²) in [6.45, 7) is 1.53. The van der Waals surface area contributed by atoms with E-state index >= 15 is 0 Å². The molecule has 0 unspecified atom stereocenters. The molecule has 6 nitrogen and oxygen atoms in total. The Kier molecular flexibility index (Phi) is 4.56. The fourth-order valence-corrected chi connectivity index (χ4v) is 1.70. The van der Waals surface area contributed by atoms with Gasteiger partial charge in [0.2, 0.25) is 5.91 Å². The number of hydrogen-bond acceptors (Lipinski definition) is 4. The molecule has 0 bridgehead atoms. The predicted octanol–water partition coefficient (Wildman–Crippen LogP) is -1.44. The molecule has 1 saturated heterocycles. The Balaban J connectivity index is 2.40. The highest BCUT2D eigenvalue weighted by atomic mass is 32.2. The number of nitrogens with zero attached hydrogens (tertiary/aromatic N) is 1. The summed E-state index contributed by atoms with van der Waals surface area (Å²) in [6.07, 6.45) is 0. The highest BCUT2D eigenvalue weighted by Crippen LogP contribution is 2.01. The van der Waals surface area contributed by atoms with Crippen LogP contribution in [0.15, 0.2) is 0 Å². The second-order valence-corrected chi connectivity index (χ2v) is 4.99. The minimum absolute atomic E-state index is 0.454. The van der Waals surface area contributed by atoms with Crippen molar-refractivity contribution in [3.05, 3.63) is 0 Å². The van der Waals surface area contributed by atoms with Gasteiger partial charge in [-0.25, -0.2) is 13.1 Å². The number of halogens is 2. The number of sulfonamides is 1. The number of hydrogen-bond donors (Lipinski definition) is 2. The van der Waals surface area contributed by atoms with Gasteiger partial charge in [0.15, 0.2) is 0 Å². The van der Waals surface area contributed by atoms with Crippen LogP contribution in [0.4, 0.5) is 8.78 Å². The van der Waals surface area contributed by atoms with Crippen LogP contribution < -0.4 is 10.0 Å². The first-order valence-corrected chi connectivity index (χ1v) is 6.23. The third kappa shape index (κ3) is 3.65. The van der Waals surface area contributed by atoms with Gasteiger partial charge >= 0.3 is 5.76 Å². The summed E-state index contributed by atoms with van der Waals surface area (Å²) in [5.74, 6) is -4.01. The Morgan fingerprint density at radius 1 is 1.38 bits per heavy atom. The lowest BCUT2D eigenvalue weighted by Crippen LogP contribution is -2.49. The SMILES string of the molecule is O=C(CNS(=O)(=O)C(F)F)N1CCNCC1. The van der Waals surface area contributed by atoms with Crippen LogP contribution in [0.1, 0.15) is 0 Å². The Morgan fingerprint density at radius 2 is 1.94 bits per heavy atom. The van der Waals surface area contributed by atoms with Gasteiger partial charge in [-0.05, 0) is 0 Å². The molecule has 9 heteroatoms. The zero-order valence-electron chi connectivity index (χ0n) is 8.45. The van der Waals surface area contributed by atoms with Crippen molar-refractivity contribution in [2.24, 2.45) is 0 Å². The average Bonchev–Trinajstić information content (AvgIpc) is 2.27. The molecule has 0 atom stereocenters. The Bertz CT molecular complexity index is 341. The van der Waals surface area contributed by atoms with Gasteiger partial charge in [0, 0.05) is 26.2 Å². The summed E-state index contributed by atoms with van der Waals surface area (Å²) in [5, 5.41) is 3.01. The van der Waals surface area contributed by atoms with Gasteiger partial charge in [-0.3, -0.25) is 4.79 Å². The molecule has 1 amide bonds. The third-order valence-electron chi connectivity index (χ3n) is 2.13. The minimum atomic E-state index is -4.68. The number of nitrogens with one attached hydrogen (secondary N) is 2. The largest absolute Gasteiger partial charge is 0.350 e. The highest BCUT2D eigenvalue weighted by molar-refractivity contribution is 7.89. The molecule has 0 aromatic heterocycles. The quantitative estimate of drug-likeness (QED) is 0.646. The van der Waals surface area contributed by atoms with E-state index < -0.39 is 28.2 Å². The molecule has 16 heavy (non-hydrogen) atoms. The Morgan fingerprint density at radius 3 is 2.44 bits per heavy atom. The minimum Gasteiger partial charge on any atom is -0.339 e. The van der Waals surface area contributed by atoms with Crippen molar-refractivity contribution in [3.8, 4) is 0 Å². The number of piperazine rings is 1. The zero-order chi connectivity index (χ0) is 12.2. The normalized spacial score (nSPS) is 17.8. The smallest absolute Gasteiger partial charge is 0.339 e. The van der Waals surface area contributed by atoms with Crippen molar-refractivity contribution in [3.63, 3.8) is 0 Å². The molecule has 1 aliphatic heterocycles. The molecular weight excluding hydrogens is 244 g/mol. The van der Waals surface area contributed by atoms with Crippen LogP contribution in [0.5, 0.6) is 0 Å². The van der Waals surface area contributed by atoms with Gasteiger partial charge in [0.1, 0.15) is 0 Å². The summed E-state index contributed by atoms with van der Waals surface area (Å²) in [4.78, 5) is 12.8. The van der Waals surface area contributed by atoms with Gasteiger partial charge in [-0.1, -0.05) is 0 Å². The fraction of sp³-hybridized carbons (Fsp3) is 0.857. The first-order valence-electron chi connectivity index (χ1n) is 4.68. The van der Waals surface area contributed by atoms with E-state index in [1.807, 2.05) is 0 Å². The van der Waals surface area contributed by atoms with E-state index in [9.17, 15) is 22.0 Å². The van der Waals surface area contributed by atoms with Crippen molar-refractivity contribution in [2.45, 2.75) is 5.76 Å². The first-order chi connectivity index (χ1) is 7.43. The second kappa shape index (κ2) is 5.51. The second-order valence-electron chi connectivity index (χ2n) is 3.26. The molecular formula is C7H13F2N3O3S. The van der Waals surface area contributed by atoms with Gasteiger partial charge in [0.25, 0.3) is 10.0 Å². The Labute approximate surface area is 92.0 Å². The first kappa shape index (κ1) is 13.3. The molecule has 0 aliphatic carbocycles. The van der Waals surface area contributed by atoms with Gasteiger partial charge in [-0.2, -0.15) is 8.78 Å². The van der Waals surface area contributed by atoms with Crippen molar-refractivity contribution in [1.82, 2.24) is 14.9 Å². The standard InChI is InChI=1S/C7H13F2N3O3S/c8-7(9)16(14,15)11-5-6(13)12-3-1-10-2-4-12/h7,10-11H,1-5H2. The number of carbonyl (C=O) groups is 1. The van der Waals surface area contributed by atoms with Crippen molar-refractivity contribution >= 4 is 15.9 Å². The van der Waals surface area contributed by atoms with E-state index in [1.54, 1.807) is 4.72 Å². The topological polar surface area (TPSA) is 78.5 Å². The van der Waals surface area contributed by atoms with E-state index in [-0.39, 0.29) is 0 Å². The summed E-state index contributed by atoms with van der Waals surface area (Å²) in [7, 11) is -4.68. The maximum absolute atomic E-state index is 11.9. The van der Waals surface area contributed by atoms with E-state index in [1.165, 1.54) is 4.90 Å². The van der Waals surface area contributed by atoms with Crippen LogP contribution >= 0.6 is 0 Å². The van der Waals surface area contributed by atoms with Gasteiger partial charge in [-0.15, -0.1) is 0 Å². The highest BCUT2D eigenvalue weighted by Gasteiger charge is 2.25. The molecule has 1 fully saturated rings. The number of carbonyl (C=O) groups excluding carboxylic acids is 1. The molecule has 1 rings (SSSR count). The summed E-state index contributed by atoms with van der Waals surface area (Å²) in [6, 6.07) is 0. The van der Waals surface area contributed by atoms with Gasteiger partial charge < -0.3 is 10.2 Å². The number of alkyl halides is 2. The molecule has 2 N–H and O–H groups in total. The number of rotatable bonds is 4. The van der Waals surface area contributed by atoms with E-state index in [0.29, 0.717) is 26.2 Å². The summed E-state index contributed by atoms with van der Waals surface area (Å²) >= 11 is 0. The molecule has 0 spiro atoms. The van der Waals surface area contributed by atoms with Crippen molar-refractivity contribution in [2.75, 3.05) is 32.7 Å². The van der Waals surface area contributed by atoms with Crippen LogP contribution in [-0.2, 0) is 14.8 Å². The van der Waals surface area contributed by atoms with Crippen LogP contribution in [0.2, 0.25) is 0 Å².